The van der Waals surface area contributed by atoms with Gasteiger partial charge in [0.15, 0.2) is 0 Å². The van der Waals surface area contributed by atoms with Gasteiger partial charge in [-0.2, -0.15) is 0 Å². The molecule has 1 aromatic heterocycles. The van der Waals surface area contributed by atoms with E-state index in [9.17, 15) is 8.78 Å². The van der Waals surface area contributed by atoms with Crippen molar-refractivity contribution in [3.63, 3.8) is 0 Å². The largest absolute Gasteiger partial charge is 0.271 e. The van der Waals surface area contributed by atoms with Crippen molar-refractivity contribution < 1.29 is 8.78 Å². The van der Waals surface area contributed by atoms with Crippen molar-refractivity contribution in [2.45, 2.75) is 12.5 Å². The summed E-state index contributed by atoms with van der Waals surface area (Å²) >= 11 is 1.41. The molecule has 0 saturated carbocycles. The van der Waals surface area contributed by atoms with Gasteiger partial charge in [-0.1, -0.05) is 6.07 Å². The Hall–Kier alpha value is -1.37. The van der Waals surface area contributed by atoms with Crippen LogP contribution in [0.25, 0.3) is 0 Å². The minimum atomic E-state index is -0.569. The Balaban J connectivity index is 2.25. The highest BCUT2D eigenvalue weighted by molar-refractivity contribution is 7.07. The van der Waals surface area contributed by atoms with Crippen molar-refractivity contribution in [2.75, 3.05) is 0 Å². The van der Waals surface area contributed by atoms with E-state index in [2.05, 4.69) is 10.4 Å². The topological polar surface area (TPSA) is 50.9 Å². The summed E-state index contributed by atoms with van der Waals surface area (Å²) in [4.78, 5) is 4.07. The Labute approximate surface area is 101 Å². The van der Waals surface area contributed by atoms with Gasteiger partial charge in [0.2, 0.25) is 0 Å². The van der Waals surface area contributed by atoms with Crippen LogP contribution >= 0.6 is 11.3 Å². The molecule has 0 bridgehead atoms. The smallest absolute Gasteiger partial charge is 0.129 e. The molecule has 0 aliphatic heterocycles. The van der Waals surface area contributed by atoms with Crippen LogP contribution < -0.4 is 11.3 Å². The zero-order valence-electron chi connectivity index (χ0n) is 8.86. The van der Waals surface area contributed by atoms with E-state index in [0.717, 1.165) is 0 Å². The second-order valence-electron chi connectivity index (χ2n) is 3.54. The van der Waals surface area contributed by atoms with E-state index in [1.807, 2.05) is 0 Å². The van der Waals surface area contributed by atoms with Gasteiger partial charge in [-0.3, -0.25) is 11.3 Å². The van der Waals surface area contributed by atoms with Crippen molar-refractivity contribution in [2.24, 2.45) is 5.84 Å². The molecule has 0 spiro atoms. The Kier molecular flexibility index (Phi) is 3.78. The predicted molar refractivity (Wildman–Crippen MR) is 62.2 cm³/mol. The second-order valence-corrected chi connectivity index (χ2v) is 4.26. The van der Waals surface area contributed by atoms with E-state index in [0.29, 0.717) is 5.69 Å². The maximum absolute atomic E-state index is 13.5. The normalized spacial score (nSPS) is 12.6. The molecule has 1 atom stereocenters. The first-order valence-corrected chi connectivity index (χ1v) is 5.93. The van der Waals surface area contributed by atoms with Gasteiger partial charge in [-0.05, 0) is 12.1 Å². The first kappa shape index (κ1) is 12.1. The van der Waals surface area contributed by atoms with E-state index < -0.39 is 17.7 Å². The van der Waals surface area contributed by atoms with Gasteiger partial charge in [0.25, 0.3) is 0 Å². The van der Waals surface area contributed by atoms with E-state index >= 15 is 0 Å². The Morgan fingerprint density at radius 1 is 1.35 bits per heavy atom. The van der Waals surface area contributed by atoms with Crippen molar-refractivity contribution in [1.82, 2.24) is 10.4 Å². The second kappa shape index (κ2) is 5.31. The fraction of sp³-hybridized carbons (Fsp3) is 0.182. The maximum atomic E-state index is 13.5. The molecule has 3 N–H and O–H groups in total. The third-order valence-electron chi connectivity index (χ3n) is 2.48. The molecule has 0 aliphatic carbocycles. The van der Waals surface area contributed by atoms with Crippen LogP contribution in [0.4, 0.5) is 8.78 Å². The zero-order chi connectivity index (χ0) is 12.3. The number of nitrogens with one attached hydrogen (secondary N) is 1. The van der Waals surface area contributed by atoms with Crippen LogP contribution in [-0.2, 0) is 6.42 Å². The van der Waals surface area contributed by atoms with Crippen molar-refractivity contribution in [3.05, 3.63) is 52.0 Å². The monoisotopic (exact) mass is 255 g/mol. The van der Waals surface area contributed by atoms with E-state index in [1.165, 1.54) is 29.5 Å². The summed E-state index contributed by atoms with van der Waals surface area (Å²) in [5.74, 6) is 4.24. The molecule has 1 aromatic carbocycles. The molecule has 90 valence electrons. The van der Waals surface area contributed by atoms with Gasteiger partial charge in [0.1, 0.15) is 11.6 Å². The molecule has 0 fully saturated rings. The minimum absolute atomic E-state index is 0.0171. The highest BCUT2D eigenvalue weighted by Gasteiger charge is 2.17. The van der Waals surface area contributed by atoms with Gasteiger partial charge in [0.05, 0.1) is 17.2 Å². The van der Waals surface area contributed by atoms with E-state index in [-0.39, 0.29) is 12.0 Å². The molecule has 2 aromatic rings. The van der Waals surface area contributed by atoms with Crippen LogP contribution in [0.1, 0.15) is 17.3 Å². The lowest BCUT2D eigenvalue weighted by Crippen LogP contribution is -2.30. The molecule has 3 nitrogen and oxygen atoms in total. The lowest BCUT2D eigenvalue weighted by atomic mass is 10.0. The molecule has 2 rings (SSSR count). The van der Waals surface area contributed by atoms with E-state index in [1.54, 1.807) is 10.9 Å². The first-order chi connectivity index (χ1) is 8.22. The number of aromatic nitrogens is 1. The summed E-state index contributed by atoms with van der Waals surface area (Å²) in [7, 11) is 0. The molecular formula is C11H11F2N3S. The standard InChI is InChI=1S/C11H11F2N3S/c12-8-2-1-3-9(13)7(8)4-10(16-14)11-5-17-6-15-11/h1-3,5-6,10,16H,4,14H2. The number of nitrogens with zero attached hydrogens (tertiary/aromatic N) is 1. The van der Waals surface area contributed by atoms with Crippen LogP contribution in [0.2, 0.25) is 0 Å². The fourth-order valence-electron chi connectivity index (χ4n) is 1.57. The Bertz CT molecular complexity index is 467. The number of halogens is 2. The summed E-state index contributed by atoms with van der Waals surface area (Å²) in [6.07, 6.45) is 0.124. The number of thiazole rings is 1. The Morgan fingerprint density at radius 2 is 2.06 bits per heavy atom. The quantitative estimate of drug-likeness (QED) is 0.650. The molecular weight excluding hydrogens is 244 g/mol. The van der Waals surface area contributed by atoms with E-state index in [4.69, 9.17) is 5.84 Å². The summed E-state index contributed by atoms with van der Waals surface area (Å²) in [5.41, 5.74) is 4.87. The SMILES string of the molecule is NNC(Cc1c(F)cccc1F)c1cscn1. The lowest BCUT2D eigenvalue weighted by Gasteiger charge is -2.14. The minimum Gasteiger partial charge on any atom is -0.271 e. The van der Waals surface area contributed by atoms with Gasteiger partial charge in [-0.15, -0.1) is 11.3 Å². The van der Waals surface area contributed by atoms with Crippen molar-refractivity contribution >= 4 is 11.3 Å². The van der Waals surface area contributed by atoms with Crippen molar-refractivity contribution in [3.8, 4) is 0 Å². The number of rotatable bonds is 4. The average Bonchev–Trinajstić information content (AvgIpc) is 2.82. The van der Waals surface area contributed by atoms with Crippen LogP contribution in [0.5, 0.6) is 0 Å². The number of hydrogen-bond donors (Lipinski definition) is 2. The molecule has 0 amide bonds. The molecule has 6 heteroatoms. The molecule has 1 heterocycles. The summed E-state index contributed by atoms with van der Waals surface area (Å²) in [5, 5.41) is 1.79. The van der Waals surface area contributed by atoms with Crippen LogP contribution in [-0.4, -0.2) is 4.98 Å². The highest BCUT2D eigenvalue weighted by atomic mass is 32.1. The number of hydrazine groups is 1. The maximum Gasteiger partial charge on any atom is 0.129 e. The van der Waals surface area contributed by atoms with Gasteiger partial charge >= 0.3 is 0 Å². The Morgan fingerprint density at radius 3 is 2.59 bits per heavy atom. The van der Waals surface area contributed by atoms with Crippen molar-refractivity contribution in [1.29, 1.82) is 0 Å². The summed E-state index contributed by atoms with van der Waals surface area (Å²) in [6.45, 7) is 0. The van der Waals surface area contributed by atoms with Crippen LogP contribution in [0, 0.1) is 11.6 Å². The molecule has 1 unspecified atom stereocenters. The first-order valence-electron chi connectivity index (χ1n) is 4.99. The number of hydrogen-bond acceptors (Lipinski definition) is 4. The number of benzene rings is 1. The fourth-order valence-corrected chi connectivity index (χ4v) is 2.18. The van der Waals surface area contributed by atoms with Gasteiger partial charge in [0, 0.05) is 17.4 Å². The highest BCUT2D eigenvalue weighted by Crippen LogP contribution is 2.21. The summed E-state index contributed by atoms with van der Waals surface area (Å²) < 4.78 is 26.9. The van der Waals surface area contributed by atoms with Crippen LogP contribution in [0.15, 0.2) is 29.1 Å². The molecule has 0 aliphatic rings. The third kappa shape index (κ3) is 2.66. The summed E-state index contributed by atoms with van der Waals surface area (Å²) in [6, 6.07) is 3.40. The predicted octanol–water partition coefficient (Wildman–Crippen LogP) is 2.17. The average molecular weight is 255 g/mol. The van der Waals surface area contributed by atoms with Crippen LogP contribution in [0.3, 0.4) is 0 Å². The molecule has 0 radical (unpaired) electrons. The third-order valence-corrected chi connectivity index (χ3v) is 3.08. The molecule has 17 heavy (non-hydrogen) atoms. The molecule has 0 saturated heterocycles. The zero-order valence-corrected chi connectivity index (χ0v) is 9.68. The number of nitrogens with two attached hydrogens (primary N) is 1. The lowest BCUT2D eigenvalue weighted by molar-refractivity contribution is 0.494. The van der Waals surface area contributed by atoms with Gasteiger partial charge < -0.3 is 0 Å². The van der Waals surface area contributed by atoms with Gasteiger partial charge in [-0.25, -0.2) is 13.8 Å².